The van der Waals surface area contributed by atoms with Gasteiger partial charge < -0.3 is 4.74 Å². The first kappa shape index (κ1) is 12.3. The zero-order chi connectivity index (χ0) is 13.9. The molecule has 4 heteroatoms. The standard InChI is InChI=1S/C16H12N2O2/c1-20-14-7-4-10-17-15(14)16(19)13-9-8-11-5-2-3-6-12(11)18-13/h2-10H,1H3. The molecule has 0 radical (unpaired) electrons. The second-order valence-electron chi connectivity index (χ2n) is 4.27. The Kier molecular flexibility index (Phi) is 3.13. The number of benzene rings is 1. The van der Waals surface area contributed by atoms with Crippen molar-refractivity contribution in [1.29, 1.82) is 0 Å². The van der Waals surface area contributed by atoms with E-state index in [2.05, 4.69) is 9.97 Å². The van der Waals surface area contributed by atoms with Gasteiger partial charge in [0, 0.05) is 11.6 Å². The number of ketones is 1. The second-order valence-corrected chi connectivity index (χ2v) is 4.27. The summed E-state index contributed by atoms with van der Waals surface area (Å²) in [6.45, 7) is 0. The van der Waals surface area contributed by atoms with Crippen LogP contribution in [-0.2, 0) is 0 Å². The summed E-state index contributed by atoms with van der Waals surface area (Å²) in [7, 11) is 1.52. The monoisotopic (exact) mass is 264 g/mol. The highest BCUT2D eigenvalue weighted by Crippen LogP contribution is 2.19. The van der Waals surface area contributed by atoms with Gasteiger partial charge in [-0.2, -0.15) is 0 Å². The van der Waals surface area contributed by atoms with Crippen LogP contribution in [0, 0.1) is 0 Å². The molecule has 0 spiro atoms. The van der Waals surface area contributed by atoms with Crippen molar-refractivity contribution in [2.45, 2.75) is 0 Å². The number of methoxy groups -OCH3 is 1. The van der Waals surface area contributed by atoms with E-state index in [-0.39, 0.29) is 11.5 Å². The predicted molar refractivity (Wildman–Crippen MR) is 76.0 cm³/mol. The number of nitrogens with zero attached hydrogens (tertiary/aromatic N) is 2. The third-order valence-corrected chi connectivity index (χ3v) is 3.04. The van der Waals surface area contributed by atoms with Crippen LogP contribution in [0.5, 0.6) is 5.75 Å². The maximum atomic E-state index is 12.5. The van der Waals surface area contributed by atoms with Gasteiger partial charge in [0.2, 0.25) is 5.78 Å². The van der Waals surface area contributed by atoms with E-state index in [1.165, 1.54) is 7.11 Å². The number of pyridine rings is 2. The highest BCUT2D eigenvalue weighted by atomic mass is 16.5. The molecule has 0 amide bonds. The molecule has 0 aliphatic carbocycles. The Bertz CT molecular complexity index is 784. The van der Waals surface area contributed by atoms with Gasteiger partial charge in [-0.25, -0.2) is 9.97 Å². The molecule has 2 aromatic heterocycles. The van der Waals surface area contributed by atoms with Crippen molar-refractivity contribution in [3.05, 3.63) is 66.1 Å². The number of para-hydroxylation sites is 1. The lowest BCUT2D eigenvalue weighted by Gasteiger charge is -2.06. The smallest absolute Gasteiger partial charge is 0.233 e. The maximum Gasteiger partial charge on any atom is 0.233 e. The van der Waals surface area contributed by atoms with Crippen molar-refractivity contribution in [2.75, 3.05) is 7.11 Å². The molecular formula is C16H12N2O2. The first-order chi connectivity index (χ1) is 9.79. The molecular weight excluding hydrogens is 252 g/mol. The van der Waals surface area contributed by atoms with Gasteiger partial charge in [0.25, 0.3) is 0 Å². The van der Waals surface area contributed by atoms with Gasteiger partial charge in [0.1, 0.15) is 11.4 Å². The molecule has 0 saturated carbocycles. The summed E-state index contributed by atoms with van der Waals surface area (Å²) in [5, 5.41) is 0.997. The normalized spacial score (nSPS) is 10.4. The molecule has 3 aromatic rings. The molecule has 0 atom stereocenters. The number of aromatic nitrogens is 2. The average Bonchev–Trinajstić information content (AvgIpc) is 2.53. The Balaban J connectivity index is 2.08. The van der Waals surface area contributed by atoms with E-state index in [0.29, 0.717) is 11.4 Å². The predicted octanol–water partition coefficient (Wildman–Crippen LogP) is 2.87. The quantitative estimate of drug-likeness (QED) is 0.682. The molecule has 0 aliphatic heterocycles. The van der Waals surface area contributed by atoms with Crippen LogP contribution in [0.4, 0.5) is 0 Å². The third-order valence-electron chi connectivity index (χ3n) is 3.04. The van der Waals surface area contributed by atoms with Gasteiger partial charge in [-0.15, -0.1) is 0 Å². The molecule has 3 rings (SSSR count). The van der Waals surface area contributed by atoms with Crippen LogP contribution in [-0.4, -0.2) is 22.9 Å². The van der Waals surface area contributed by atoms with E-state index < -0.39 is 0 Å². The average molecular weight is 264 g/mol. The summed E-state index contributed by atoms with van der Waals surface area (Å²) in [5.74, 6) is 0.209. The Morgan fingerprint density at radius 1 is 1.05 bits per heavy atom. The first-order valence-corrected chi connectivity index (χ1v) is 6.19. The lowest BCUT2D eigenvalue weighted by atomic mass is 10.1. The van der Waals surface area contributed by atoms with E-state index in [1.54, 1.807) is 24.4 Å². The van der Waals surface area contributed by atoms with Crippen LogP contribution < -0.4 is 4.74 Å². The van der Waals surface area contributed by atoms with E-state index >= 15 is 0 Å². The van der Waals surface area contributed by atoms with E-state index in [1.807, 2.05) is 30.3 Å². The van der Waals surface area contributed by atoms with Crippen LogP contribution in [0.3, 0.4) is 0 Å². The van der Waals surface area contributed by atoms with Crippen molar-refractivity contribution in [3.8, 4) is 5.75 Å². The topological polar surface area (TPSA) is 52.1 Å². The van der Waals surface area contributed by atoms with Crippen LogP contribution in [0.2, 0.25) is 0 Å². The molecule has 2 heterocycles. The molecule has 1 aromatic carbocycles. The van der Waals surface area contributed by atoms with Crippen molar-refractivity contribution >= 4 is 16.7 Å². The van der Waals surface area contributed by atoms with Gasteiger partial charge in [-0.05, 0) is 24.3 Å². The Hall–Kier alpha value is -2.75. The maximum absolute atomic E-state index is 12.5. The zero-order valence-electron chi connectivity index (χ0n) is 10.9. The molecule has 98 valence electrons. The van der Waals surface area contributed by atoms with E-state index in [0.717, 1.165) is 10.9 Å². The van der Waals surface area contributed by atoms with Crippen molar-refractivity contribution in [1.82, 2.24) is 9.97 Å². The fourth-order valence-corrected chi connectivity index (χ4v) is 2.04. The summed E-state index contributed by atoms with van der Waals surface area (Å²) in [5.41, 5.74) is 1.42. The SMILES string of the molecule is COc1cccnc1C(=O)c1ccc2ccccc2n1. The number of carbonyl (C=O) groups is 1. The number of rotatable bonds is 3. The molecule has 0 aliphatic rings. The van der Waals surface area contributed by atoms with Gasteiger partial charge in [-0.1, -0.05) is 24.3 Å². The number of fused-ring (bicyclic) bond motifs is 1. The summed E-state index contributed by atoms with van der Waals surface area (Å²) in [4.78, 5) is 20.9. The fraction of sp³-hybridized carbons (Fsp3) is 0.0625. The van der Waals surface area contributed by atoms with Gasteiger partial charge in [0.05, 0.1) is 12.6 Å². The summed E-state index contributed by atoms with van der Waals surface area (Å²) >= 11 is 0. The van der Waals surface area contributed by atoms with Crippen LogP contribution in [0.15, 0.2) is 54.7 Å². The lowest BCUT2D eigenvalue weighted by molar-refractivity contribution is 0.102. The Morgan fingerprint density at radius 2 is 1.90 bits per heavy atom. The first-order valence-electron chi connectivity index (χ1n) is 6.19. The van der Waals surface area contributed by atoms with Crippen molar-refractivity contribution < 1.29 is 9.53 Å². The van der Waals surface area contributed by atoms with Gasteiger partial charge >= 0.3 is 0 Å². The summed E-state index contributed by atoms with van der Waals surface area (Å²) in [6, 6.07) is 14.7. The molecule has 4 nitrogen and oxygen atoms in total. The van der Waals surface area contributed by atoms with Crippen LogP contribution >= 0.6 is 0 Å². The largest absolute Gasteiger partial charge is 0.494 e. The van der Waals surface area contributed by atoms with Gasteiger partial charge in [0.15, 0.2) is 5.69 Å². The van der Waals surface area contributed by atoms with Crippen LogP contribution in [0.1, 0.15) is 16.2 Å². The molecule has 0 N–H and O–H groups in total. The minimum Gasteiger partial charge on any atom is -0.494 e. The minimum absolute atomic E-state index is 0.242. The van der Waals surface area contributed by atoms with Crippen molar-refractivity contribution in [3.63, 3.8) is 0 Å². The highest BCUT2D eigenvalue weighted by molar-refractivity contribution is 6.08. The van der Waals surface area contributed by atoms with Crippen LogP contribution in [0.25, 0.3) is 10.9 Å². The number of ether oxygens (including phenoxy) is 1. The summed E-state index contributed by atoms with van der Waals surface area (Å²) in [6.07, 6.45) is 1.57. The number of hydrogen-bond donors (Lipinski definition) is 0. The minimum atomic E-state index is -0.242. The molecule has 0 fully saturated rings. The summed E-state index contributed by atoms with van der Waals surface area (Å²) < 4.78 is 5.16. The van der Waals surface area contributed by atoms with Crippen molar-refractivity contribution in [2.24, 2.45) is 0 Å². The highest BCUT2D eigenvalue weighted by Gasteiger charge is 2.17. The number of hydrogen-bond acceptors (Lipinski definition) is 4. The molecule has 0 saturated heterocycles. The van der Waals surface area contributed by atoms with E-state index in [9.17, 15) is 4.79 Å². The Labute approximate surface area is 116 Å². The van der Waals surface area contributed by atoms with Gasteiger partial charge in [-0.3, -0.25) is 4.79 Å². The second kappa shape index (κ2) is 5.09. The zero-order valence-corrected chi connectivity index (χ0v) is 10.9. The lowest BCUT2D eigenvalue weighted by Crippen LogP contribution is -2.08. The number of carbonyl (C=O) groups excluding carboxylic acids is 1. The molecule has 0 unspecified atom stereocenters. The molecule has 20 heavy (non-hydrogen) atoms. The third kappa shape index (κ3) is 2.12. The molecule has 0 bridgehead atoms. The fourth-order valence-electron chi connectivity index (χ4n) is 2.04. The Morgan fingerprint density at radius 3 is 2.75 bits per heavy atom. The van der Waals surface area contributed by atoms with E-state index in [4.69, 9.17) is 4.74 Å².